The lowest BCUT2D eigenvalue weighted by molar-refractivity contribution is 0.103. The molecule has 0 fully saturated rings. The highest BCUT2D eigenvalue weighted by Gasteiger charge is 2.24. The highest BCUT2D eigenvalue weighted by Crippen LogP contribution is 2.34. The maximum absolute atomic E-state index is 13.4. The zero-order chi connectivity index (χ0) is 20.2. The number of carbonyl (C=O) groups excluding carboxylic acids is 1. The molecule has 0 spiro atoms. The molecule has 146 valence electrons. The van der Waals surface area contributed by atoms with Gasteiger partial charge in [-0.25, -0.2) is 0 Å². The third-order valence-electron chi connectivity index (χ3n) is 5.35. The molecule has 4 rings (SSSR count). The number of pyridine rings is 1. The molecule has 1 atom stereocenters. The van der Waals surface area contributed by atoms with Crippen molar-refractivity contribution in [3.05, 3.63) is 95.9 Å². The minimum absolute atomic E-state index is 0.0923. The van der Waals surface area contributed by atoms with Gasteiger partial charge in [0, 0.05) is 51.2 Å². The van der Waals surface area contributed by atoms with E-state index in [2.05, 4.69) is 41.6 Å². The van der Waals surface area contributed by atoms with Gasteiger partial charge in [-0.2, -0.15) is 0 Å². The molecule has 0 N–H and O–H groups in total. The average Bonchev–Trinajstić information content (AvgIpc) is 3.07. The van der Waals surface area contributed by atoms with Gasteiger partial charge in [-0.15, -0.1) is 11.8 Å². The molecule has 1 unspecified atom stereocenters. The van der Waals surface area contributed by atoms with Crippen molar-refractivity contribution in [2.24, 2.45) is 0 Å². The van der Waals surface area contributed by atoms with Crippen LogP contribution in [0.3, 0.4) is 0 Å². The van der Waals surface area contributed by atoms with Gasteiger partial charge in [0.25, 0.3) is 0 Å². The first-order valence-electron chi connectivity index (χ1n) is 9.92. The largest absolute Gasteiger partial charge is 0.340 e. The lowest BCUT2D eigenvalue weighted by atomic mass is 10.0. The van der Waals surface area contributed by atoms with Crippen molar-refractivity contribution >= 4 is 28.4 Å². The van der Waals surface area contributed by atoms with E-state index < -0.39 is 0 Å². The fourth-order valence-corrected chi connectivity index (χ4v) is 4.97. The number of nitrogens with zero attached hydrogens (tertiary/aromatic N) is 2. The number of thioether (sulfide) groups is 1. The highest BCUT2D eigenvalue weighted by atomic mass is 32.2. The Morgan fingerprint density at radius 2 is 1.69 bits per heavy atom. The van der Waals surface area contributed by atoms with E-state index in [1.807, 2.05) is 72.7 Å². The van der Waals surface area contributed by atoms with Gasteiger partial charge in [0.05, 0.1) is 5.56 Å². The standard InChI is InChI=1S/C25H24N2OS/c1-3-20(17-29-21-13-15-26-16-14-21)27-18(2)24(22-11-7-8-12-23(22)27)25(28)19-9-5-4-6-10-19/h4-16,20H,3,17H2,1-2H3. The van der Waals surface area contributed by atoms with E-state index in [-0.39, 0.29) is 5.78 Å². The van der Waals surface area contributed by atoms with Crippen LogP contribution in [0.15, 0.2) is 84.0 Å². The summed E-state index contributed by atoms with van der Waals surface area (Å²) in [5.74, 6) is 1.04. The maximum Gasteiger partial charge on any atom is 0.195 e. The van der Waals surface area contributed by atoms with Crippen LogP contribution in [0.25, 0.3) is 10.9 Å². The van der Waals surface area contributed by atoms with Gasteiger partial charge in [-0.3, -0.25) is 9.78 Å². The summed E-state index contributed by atoms with van der Waals surface area (Å²) in [6.45, 7) is 4.29. The Morgan fingerprint density at radius 1 is 1.00 bits per heavy atom. The quantitative estimate of drug-likeness (QED) is 0.269. The van der Waals surface area contributed by atoms with Crippen molar-refractivity contribution < 1.29 is 4.79 Å². The zero-order valence-electron chi connectivity index (χ0n) is 16.7. The number of hydrogen-bond acceptors (Lipinski definition) is 3. The topological polar surface area (TPSA) is 34.9 Å². The number of benzene rings is 2. The third kappa shape index (κ3) is 3.85. The number of aromatic nitrogens is 2. The number of para-hydroxylation sites is 1. The van der Waals surface area contributed by atoms with Gasteiger partial charge in [0.1, 0.15) is 0 Å². The van der Waals surface area contributed by atoms with Crippen molar-refractivity contribution in [2.75, 3.05) is 5.75 Å². The second kappa shape index (κ2) is 8.66. The molecular weight excluding hydrogens is 376 g/mol. The molecule has 2 aromatic carbocycles. The molecular formula is C25H24N2OS. The van der Waals surface area contributed by atoms with E-state index in [1.54, 1.807) is 0 Å². The van der Waals surface area contributed by atoms with Crippen LogP contribution >= 0.6 is 11.8 Å². The van der Waals surface area contributed by atoms with Crippen molar-refractivity contribution in [2.45, 2.75) is 31.2 Å². The van der Waals surface area contributed by atoms with Gasteiger partial charge >= 0.3 is 0 Å². The molecule has 0 saturated carbocycles. The first-order valence-corrected chi connectivity index (χ1v) is 10.9. The average molecular weight is 401 g/mol. The predicted octanol–water partition coefficient (Wildman–Crippen LogP) is 6.32. The summed E-state index contributed by atoms with van der Waals surface area (Å²) in [5.41, 5.74) is 3.73. The fraction of sp³-hybridized carbons (Fsp3) is 0.200. The van der Waals surface area contributed by atoms with Crippen LogP contribution in [0.5, 0.6) is 0 Å². The summed E-state index contributed by atoms with van der Waals surface area (Å²) in [7, 11) is 0. The fourth-order valence-electron chi connectivity index (χ4n) is 3.88. The van der Waals surface area contributed by atoms with Gasteiger partial charge in [-0.05, 0) is 31.5 Å². The van der Waals surface area contributed by atoms with Gasteiger partial charge in [0.2, 0.25) is 0 Å². The zero-order valence-corrected chi connectivity index (χ0v) is 17.5. The molecule has 2 aromatic heterocycles. The third-order valence-corrected chi connectivity index (χ3v) is 6.50. The Bertz CT molecular complexity index is 1120. The summed E-state index contributed by atoms with van der Waals surface area (Å²) >= 11 is 1.83. The molecule has 0 radical (unpaired) electrons. The van der Waals surface area contributed by atoms with Crippen molar-refractivity contribution in [1.29, 1.82) is 0 Å². The Morgan fingerprint density at radius 3 is 2.41 bits per heavy atom. The molecule has 0 aliphatic carbocycles. The van der Waals surface area contributed by atoms with E-state index in [9.17, 15) is 4.79 Å². The summed E-state index contributed by atoms with van der Waals surface area (Å²) in [6.07, 6.45) is 4.66. The van der Waals surface area contributed by atoms with Crippen LogP contribution in [0, 0.1) is 6.92 Å². The van der Waals surface area contributed by atoms with Crippen LogP contribution in [0.2, 0.25) is 0 Å². The van der Waals surface area contributed by atoms with Crippen LogP contribution in [0.1, 0.15) is 41.0 Å². The molecule has 0 aliphatic heterocycles. The maximum atomic E-state index is 13.4. The second-order valence-corrected chi connectivity index (χ2v) is 8.19. The Hall–Kier alpha value is -2.85. The number of carbonyl (C=O) groups is 1. The molecule has 2 heterocycles. The monoisotopic (exact) mass is 400 g/mol. The van der Waals surface area contributed by atoms with Crippen molar-refractivity contribution in [1.82, 2.24) is 9.55 Å². The van der Waals surface area contributed by atoms with Gasteiger partial charge < -0.3 is 4.57 Å². The normalized spacial score (nSPS) is 12.2. The minimum Gasteiger partial charge on any atom is -0.340 e. The van der Waals surface area contributed by atoms with E-state index >= 15 is 0 Å². The lowest BCUT2D eigenvalue weighted by Gasteiger charge is -2.20. The van der Waals surface area contributed by atoms with E-state index in [0.29, 0.717) is 6.04 Å². The summed E-state index contributed by atoms with van der Waals surface area (Å²) in [5, 5.41) is 1.03. The molecule has 0 bridgehead atoms. The van der Waals surface area contributed by atoms with Crippen LogP contribution in [0.4, 0.5) is 0 Å². The number of ketones is 1. The molecule has 4 heteroatoms. The second-order valence-electron chi connectivity index (χ2n) is 7.10. The smallest absolute Gasteiger partial charge is 0.195 e. The Balaban J connectivity index is 1.76. The number of rotatable bonds is 7. The number of hydrogen-bond donors (Lipinski definition) is 0. The Labute approximate surface area is 175 Å². The highest BCUT2D eigenvalue weighted by molar-refractivity contribution is 7.99. The van der Waals surface area contributed by atoms with Crippen LogP contribution in [-0.2, 0) is 0 Å². The van der Waals surface area contributed by atoms with Crippen molar-refractivity contribution in [3.8, 4) is 0 Å². The Kier molecular flexibility index (Phi) is 5.81. The number of fused-ring (bicyclic) bond motifs is 1. The van der Waals surface area contributed by atoms with E-state index in [0.717, 1.165) is 39.9 Å². The van der Waals surface area contributed by atoms with E-state index in [1.165, 1.54) is 4.90 Å². The first-order chi connectivity index (χ1) is 14.2. The molecule has 3 nitrogen and oxygen atoms in total. The molecule has 0 amide bonds. The first kappa shape index (κ1) is 19.5. The molecule has 29 heavy (non-hydrogen) atoms. The van der Waals surface area contributed by atoms with Gasteiger partial charge in [0.15, 0.2) is 5.78 Å². The molecule has 4 aromatic rings. The van der Waals surface area contributed by atoms with Crippen molar-refractivity contribution in [3.63, 3.8) is 0 Å². The van der Waals surface area contributed by atoms with Crippen LogP contribution in [-0.4, -0.2) is 21.1 Å². The molecule has 0 saturated heterocycles. The lowest BCUT2D eigenvalue weighted by Crippen LogP contribution is -2.13. The van der Waals surface area contributed by atoms with Gasteiger partial charge in [-0.1, -0.05) is 55.5 Å². The SMILES string of the molecule is CCC(CSc1ccncc1)n1c(C)c(C(=O)c2ccccc2)c2ccccc21. The minimum atomic E-state index is 0.0923. The summed E-state index contributed by atoms with van der Waals surface area (Å²) in [6, 6.07) is 22.2. The van der Waals surface area contributed by atoms with Crippen LogP contribution < -0.4 is 0 Å². The summed E-state index contributed by atoms with van der Waals surface area (Å²) < 4.78 is 2.36. The van der Waals surface area contributed by atoms with E-state index in [4.69, 9.17) is 0 Å². The summed E-state index contributed by atoms with van der Waals surface area (Å²) in [4.78, 5) is 18.7. The predicted molar refractivity (Wildman–Crippen MR) is 121 cm³/mol. The molecule has 0 aliphatic rings.